The summed E-state index contributed by atoms with van der Waals surface area (Å²) in [6.45, 7) is 5.93. The zero-order chi connectivity index (χ0) is 15.0. The second-order valence-electron chi connectivity index (χ2n) is 7.50. The summed E-state index contributed by atoms with van der Waals surface area (Å²) >= 11 is 6.66. The molecular weight excluding hydrogens is 296 g/mol. The summed E-state index contributed by atoms with van der Waals surface area (Å²) in [5, 5.41) is 10.3. The lowest BCUT2D eigenvalue weighted by molar-refractivity contribution is -0.575. The standard InChI is InChI=1S/C15H23ClO5/c1-8-4-5-10-14(3,16)11(17)18-12-15(10)9(8)6-7-13(2,19-12)20-21-15/h8-12,17H,4-7H2,1-3H3/t8-,9?,10?,11?,12?,13+,14?,15?/m1/s1. The number of alkyl halides is 1. The van der Waals surface area contributed by atoms with Gasteiger partial charge >= 0.3 is 0 Å². The molecule has 4 aliphatic heterocycles. The minimum atomic E-state index is -1.07. The Hall–Kier alpha value is 0.0900. The maximum Gasteiger partial charge on any atom is 0.201 e. The van der Waals surface area contributed by atoms with Gasteiger partial charge in [-0.2, -0.15) is 0 Å². The van der Waals surface area contributed by atoms with Gasteiger partial charge < -0.3 is 14.6 Å². The van der Waals surface area contributed by atoms with E-state index >= 15 is 0 Å². The molecule has 4 heterocycles. The van der Waals surface area contributed by atoms with Crippen LogP contribution in [0.15, 0.2) is 0 Å². The van der Waals surface area contributed by atoms with Gasteiger partial charge in [0.15, 0.2) is 18.2 Å². The van der Waals surface area contributed by atoms with Gasteiger partial charge in [0.05, 0.1) is 4.87 Å². The van der Waals surface area contributed by atoms with Crippen LogP contribution in [-0.4, -0.2) is 33.9 Å². The zero-order valence-corrected chi connectivity index (χ0v) is 13.4. The smallest absolute Gasteiger partial charge is 0.201 e. The third-order valence-corrected chi connectivity index (χ3v) is 6.59. The second-order valence-corrected chi connectivity index (χ2v) is 8.31. The van der Waals surface area contributed by atoms with Gasteiger partial charge in [0.1, 0.15) is 0 Å². The monoisotopic (exact) mass is 318 g/mol. The van der Waals surface area contributed by atoms with Crippen LogP contribution in [0.1, 0.15) is 46.5 Å². The number of rotatable bonds is 0. The molecule has 1 spiro atoms. The summed E-state index contributed by atoms with van der Waals surface area (Å²) in [7, 11) is 0. The van der Waals surface area contributed by atoms with Crippen LogP contribution in [0.5, 0.6) is 0 Å². The van der Waals surface area contributed by atoms with Crippen LogP contribution in [-0.2, 0) is 19.2 Å². The SMILES string of the molecule is C[C@@H]1CCC2C(C)(Cl)C(O)OC3O[C@]4(C)CCC1C32OO4. The van der Waals surface area contributed by atoms with Gasteiger partial charge in [-0.05, 0) is 44.9 Å². The van der Waals surface area contributed by atoms with Crippen LogP contribution in [0.25, 0.3) is 0 Å². The van der Waals surface area contributed by atoms with E-state index in [1.54, 1.807) is 0 Å². The van der Waals surface area contributed by atoms with E-state index in [1.165, 1.54) is 0 Å². The van der Waals surface area contributed by atoms with Crippen molar-refractivity contribution >= 4 is 11.6 Å². The van der Waals surface area contributed by atoms with Crippen LogP contribution >= 0.6 is 11.6 Å². The minimum Gasteiger partial charge on any atom is -0.366 e. The third kappa shape index (κ3) is 1.76. The molecule has 1 N–H and O–H groups in total. The summed E-state index contributed by atoms with van der Waals surface area (Å²) < 4.78 is 11.8. The molecule has 0 aromatic heterocycles. The molecule has 1 saturated carbocycles. The first-order valence-corrected chi connectivity index (χ1v) is 8.24. The summed E-state index contributed by atoms with van der Waals surface area (Å²) in [6.07, 6.45) is 1.96. The number of hydrogen-bond acceptors (Lipinski definition) is 5. The molecule has 0 radical (unpaired) electrons. The van der Waals surface area contributed by atoms with E-state index in [-0.39, 0.29) is 11.8 Å². The van der Waals surface area contributed by atoms with Crippen LogP contribution in [0.3, 0.4) is 0 Å². The van der Waals surface area contributed by atoms with Crippen molar-refractivity contribution in [1.82, 2.24) is 0 Å². The summed E-state index contributed by atoms with van der Waals surface area (Å²) in [6, 6.07) is 0. The number of fused-ring (bicyclic) bond motifs is 2. The quantitative estimate of drug-likeness (QED) is 0.549. The number of aliphatic hydroxyl groups is 1. The van der Waals surface area contributed by atoms with Gasteiger partial charge in [0.2, 0.25) is 5.79 Å². The van der Waals surface area contributed by atoms with Crippen molar-refractivity contribution in [2.45, 2.75) is 75.3 Å². The molecule has 8 atom stereocenters. The molecule has 0 aromatic carbocycles. The molecule has 6 unspecified atom stereocenters. The van der Waals surface area contributed by atoms with Crippen molar-refractivity contribution in [2.24, 2.45) is 17.8 Å². The van der Waals surface area contributed by atoms with Crippen LogP contribution in [0.4, 0.5) is 0 Å². The van der Waals surface area contributed by atoms with Crippen LogP contribution < -0.4 is 0 Å². The Morgan fingerprint density at radius 3 is 2.67 bits per heavy atom. The first-order chi connectivity index (χ1) is 9.80. The normalized spacial score (nSPS) is 63.0. The van der Waals surface area contributed by atoms with Crippen LogP contribution in [0.2, 0.25) is 0 Å². The molecule has 0 amide bonds. The lowest BCUT2D eigenvalue weighted by Gasteiger charge is -2.61. The van der Waals surface area contributed by atoms with Crippen LogP contribution in [0, 0.1) is 17.8 Å². The number of aliphatic hydroxyl groups excluding tert-OH is 1. The average molecular weight is 319 g/mol. The lowest BCUT2D eigenvalue weighted by Crippen LogP contribution is -2.74. The fourth-order valence-electron chi connectivity index (χ4n) is 4.86. The van der Waals surface area contributed by atoms with Gasteiger partial charge in [-0.15, -0.1) is 11.6 Å². The van der Waals surface area contributed by atoms with E-state index < -0.39 is 28.8 Å². The van der Waals surface area contributed by atoms with Crippen molar-refractivity contribution in [3.8, 4) is 0 Å². The average Bonchev–Trinajstić information content (AvgIpc) is 2.63. The first kappa shape index (κ1) is 14.7. The minimum absolute atomic E-state index is 0.0655. The Labute approximate surface area is 129 Å². The zero-order valence-electron chi connectivity index (χ0n) is 12.7. The fraction of sp³-hybridized carbons (Fsp3) is 1.00. The first-order valence-electron chi connectivity index (χ1n) is 7.87. The molecule has 21 heavy (non-hydrogen) atoms. The Bertz CT molecular complexity index is 457. The van der Waals surface area contributed by atoms with Crippen molar-refractivity contribution < 1.29 is 24.4 Å². The van der Waals surface area contributed by atoms with Crippen molar-refractivity contribution in [3.63, 3.8) is 0 Å². The Kier molecular flexibility index (Phi) is 3.03. The highest BCUT2D eigenvalue weighted by Crippen LogP contribution is 2.62. The number of hydrogen-bond donors (Lipinski definition) is 1. The van der Waals surface area contributed by atoms with Gasteiger partial charge in [-0.25, -0.2) is 9.78 Å². The van der Waals surface area contributed by atoms with E-state index in [2.05, 4.69) is 6.92 Å². The molecule has 5 nitrogen and oxygen atoms in total. The van der Waals surface area contributed by atoms with E-state index in [0.29, 0.717) is 5.92 Å². The molecule has 0 aromatic rings. The molecule has 6 heteroatoms. The van der Waals surface area contributed by atoms with Crippen molar-refractivity contribution in [2.75, 3.05) is 0 Å². The highest BCUT2D eigenvalue weighted by Gasteiger charge is 2.72. The Balaban J connectivity index is 1.85. The molecular formula is C15H23ClO5. The number of halogens is 1. The topological polar surface area (TPSA) is 57.2 Å². The van der Waals surface area contributed by atoms with Gasteiger partial charge in [-0.3, -0.25) is 0 Å². The van der Waals surface area contributed by atoms with E-state index in [0.717, 1.165) is 25.7 Å². The number of ether oxygens (including phenoxy) is 2. The Morgan fingerprint density at radius 1 is 1.14 bits per heavy atom. The predicted octanol–water partition coefficient (Wildman–Crippen LogP) is 2.55. The highest BCUT2D eigenvalue weighted by atomic mass is 35.5. The van der Waals surface area contributed by atoms with Crippen molar-refractivity contribution in [3.05, 3.63) is 0 Å². The molecule has 120 valence electrons. The molecule has 4 saturated heterocycles. The summed E-state index contributed by atoms with van der Waals surface area (Å²) in [4.78, 5) is 10.7. The second kappa shape index (κ2) is 4.34. The van der Waals surface area contributed by atoms with E-state index in [9.17, 15) is 5.11 Å². The third-order valence-electron chi connectivity index (χ3n) is 6.13. The summed E-state index contributed by atoms with van der Waals surface area (Å²) in [5.74, 6) is -0.125. The summed E-state index contributed by atoms with van der Waals surface area (Å²) in [5.41, 5.74) is -0.719. The maximum atomic E-state index is 10.3. The van der Waals surface area contributed by atoms with Gasteiger partial charge in [0, 0.05) is 12.3 Å². The predicted molar refractivity (Wildman–Crippen MR) is 74.1 cm³/mol. The highest BCUT2D eigenvalue weighted by molar-refractivity contribution is 6.24. The fourth-order valence-corrected chi connectivity index (χ4v) is 5.20. The molecule has 2 bridgehead atoms. The molecule has 1 aliphatic carbocycles. The maximum absolute atomic E-state index is 10.3. The largest absolute Gasteiger partial charge is 0.366 e. The molecule has 5 rings (SSSR count). The van der Waals surface area contributed by atoms with Crippen molar-refractivity contribution in [1.29, 1.82) is 0 Å². The molecule has 5 aliphatic rings. The van der Waals surface area contributed by atoms with Gasteiger partial charge in [-0.1, -0.05) is 6.92 Å². The van der Waals surface area contributed by atoms with E-state index in [1.807, 2.05) is 13.8 Å². The van der Waals surface area contributed by atoms with E-state index in [4.69, 9.17) is 30.8 Å². The Morgan fingerprint density at radius 2 is 1.90 bits per heavy atom. The molecule has 5 fully saturated rings. The van der Waals surface area contributed by atoms with Gasteiger partial charge in [0.25, 0.3) is 0 Å². The lowest BCUT2D eigenvalue weighted by atomic mass is 9.58.